The average Bonchev–Trinajstić information content (AvgIpc) is 2.90. The lowest BCUT2D eigenvalue weighted by atomic mass is 9.91. The van der Waals surface area contributed by atoms with Crippen LogP contribution in [0.25, 0.3) is 0 Å². The Morgan fingerprint density at radius 1 is 0.706 bits per heavy atom. The number of hydrogen-bond donors (Lipinski definition) is 1. The monoisotopic (exact) mass is 467 g/mol. The van der Waals surface area contributed by atoms with Crippen LogP contribution in [0.1, 0.15) is 22.7 Å². The first kappa shape index (κ1) is 22.1. The van der Waals surface area contributed by atoms with Gasteiger partial charge in [0, 0.05) is 17.3 Å². The minimum atomic E-state index is -0.435. The van der Waals surface area contributed by atoms with E-state index >= 15 is 0 Å². The van der Waals surface area contributed by atoms with Crippen LogP contribution in [0.15, 0.2) is 109 Å². The van der Waals surface area contributed by atoms with Gasteiger partial charge in [0.05, 0.1) is 6.04 Å². The minimum absolute atomic E-state index is 0.0158. The lowest BCUT2D eigenvalue weighted by molar-refractivity contribution is -0.123. The van der Waals surface area contributed by atoms with Crippen LogP contribution in [0.2, 0.25) is 0 Å². The van der Waals surface area contributed by atoms with Crippen LogP contribution < -0.4 is 14.4 Å². The molecule has 34 heavy (non-hydrogen) atoms. The first-order chi connectivity index (χ1) is 16.7. The summed E-state index contributed by atoms with van der Waals surface area (Å²) in [6.07, 6.45) is 0. The molecule has 1 aliphatic rings. The zero-order valence-electron chi connectivity index (χ0n) is 18.6. The Balaban J connectivity index is 1.44. The van der Waals surface area contributed by atoms with Crippen LogP contribution in [0.5, 0.6) is 11.5 Å². The van der Waals surface area contributed by atoms with Gasteiger partial charge in [0.15, 0.2) is 0 Å². The van der Waals surface area contributed by atoms with Gasteiger partial charge in [-0.3, -0.25) is 4.79 Å². The number of hydrogen-bond acceptors (Lipinski definition) is 4. The zero-order chi connectivity index (χ0) is 23.3. The van der Waals surface area contributed by atoms with Crippen molar-refractivity contribution in [2.75, 3.05) is 4.90 Å². The molecule has 4 aromatic carbocycles. The lowest BCUT2D eigenvalue weighted by Gasteiger charge is -2.45. The maximum atomic E-state index is 12.7. The third-order valence-electron chi connectivity index (χ3n) is 5.89. The maximum absolute atomic E-state index is 12.7. The molecule has 1 heterocycles. The third-order valence-corrected chi connectivity index (χ3v) is 6.39. The molecule has 170 valence electrons. The van der Waals surface area contributed by atoms with Gasteiger partial charge in [-0.1, -0.05) is 78.9 Å². The number of ether oxygens (including phenoxy) is 2. The molecule has 0 bridgehead atoms. The van der Waals surface area contributed by atoms with E-state index in [1.54, 1.807) is 4.90 Å². The second kappa shape index (κ2) is 10.1. The average molecular weight is 468 g/mol. The van der Waals surface area contributed by atoms with E-state index in [2.05, 4.69) is 12.6 Å². The van der Waals surface area contributed by atoms with Gasteiger partial charge < -0.3 is 14.4 Å². The number of β-lactam (4-membered cyclic amide) rings is 1. The molecule has 1 amide bonds. The van der Waals surface area contributed by atoms with E-state index in [0.717, 1.165) is 22.4 Å². The Labute approximate surface area is 205 Å². The third kappa shape index (κ3) is 4.66. The zero-order valence-corrected chi connectivity index (χ0v) is 19.5. The van der Waals surface area contributed by atoms with Gasteiger partial charge in [0.1, 0.15) is 30.0 Å². The van der Waals surface area contributed by atoms with Gasteiger partial charge >= 0.3 is 0 Å². The predicted molar refractivity (Wildman–Crippen MR) is 137 cm³/mol. The molecule has 0 N–H and O–H groups in total. The Hall–Kier alpha value is -3.70. The van der Waals surface area contributed by atoms with Crippen molar-refractivity contribution in [3.8, 4) is 11.5 Å². The summed E-state index contributed by atoms with van der Waals surface area (Å²) in [5.74, 6) is 1.38. The smallest absolute Gasteiger partial charge is 0.242 e. The van der Waals surface area contributed by atoms with Crippen molar-refractivity contribution in [2.24, 2.45) is 0 Å². The van der Waals surface area contributed by atoms with Crippen molar-refractivity contribution in [1.29, 1.82) is 0 Å². The molecule has 5 heteroatoms. The predicted octanol–water partition coefficient (Wildman–Crippen LogP) is 6.23. The van der Waals surface area contributed by atoms with E-state index in [1.807, 2.05) is 109 Å². The number of anilines is 1. The van der Waals surface area contributed by atoms with Crippen LogP contribution in [-0.4, -0.2) is 11.2 Å². The summed E-state index contributed by atoms with van der Waals surface area (Å²) >= 11 is 4.62. The van der Waals surface area contributed by atoms with Gasteiger partial charge in [0.25, 0.3) is 0 Å². The maximum Gasteiger partial charge on any atom is 0.242 e. The molecule has 0 radical (unpaired) electrons. The highest BCUT2D eigenvalue weighted by atomic mass is 32.1. The van der Waals surface area contributed by atoms with Crippen LogP contribution in [-0.2, 0) is 18.0 Å². The van der Waals surface area contributed by atoms with Crippen molar-refractivity contribution in [1.82, 2.24) is 0 Å². The number of thiol groups is 1. The number of benzene rings is 4. The minimum Gasteiger partial charge on any atom is -0.489 e. The normalized spacial score (nSPS) is 17.2. The fourth-order valence-corrected chi connectivity index (χ4v) is 4.53. The Kier molecular flexibility index (Phi) is 6.54. The Bertz CT molecular complexity index is 1250. The fraction of sp³-hybridized carbons (Fsp3) is 0.138. The summed E-state index contributed by atoms with van der Waals surface area (Å²) in [6, 6.07) is 35.3. The standard InChI is InChI=1S/C29H25NO3S/c31-29-28(34)27(30(29)23-14-8-3-9-15-23)25-17-16-24(32-19-21-10-4-1-5-11-21)18-26(25)33-20-22-12-6-2-7-13-22/h1-18,27-28,34H,19-20H2/t27-,28+/m1/s1. The molecule has 4 aromatic rings. The molecule has 0 unspecified atom stereocenters. The molecule has 4 nitrogen and oxygen atoms in total. The highest BCUT2D eigenvalue weighted by molar-refractivity contribution is 7.82. The number of rotatable bonds is 8. The summed E-state index contributed by atoms with van der Waals surface area (Å²) in [5.41, 5.74) is 3.91. The number of nitrogens with zero attached hydrogens (tertiary/aromatic N) is 1. The Morgan fingerprint density at radius 2 is 1.26 bits per heavy atom. The number of para-hydroxylation sites is 1. The van der Waals surface area contributed by atoms with Crippen molar-refractivity contribution in [3.05, 3.63) is 126 Å². The van der Waals surface area contributed by atoms with E-state index in [9.17, 15) is 4.79 Å². The first-order valence-electron chi connectivity index (χ1n) is 11.2. The van der Waals surface area contributed by atoms with E-state index in [0.29, 0.717) is 24.7 Å². The largest absolute Gasteiger partial charge is 0.489 e. The molecule has 1 saturated heterocycles. The summed E-state index contributed by atoms with van der Waals surface area (Å²) < 4.78 is 12.3. The highest BCUT2D eigenvalue weighted by Crippen LogP contribution is 2.45. The van der Waals surface area contributed by atoms with Gasteiger partial charge in [-0.05, 0) is 35.4 Å². The summed E-state index contributed by atoms with van der Waals surface area (Å²) in [7, 11) is 0. The van der Waals surface area contributed by atoms with Crippen molar-refractivity contribution < 1.29 is 14.3 Å². The first-order valence-corrected chi connectivity index (χ1v) is 11.8. The second-order valence-electron chi connectivity index (χ2n) is 8.18. The molecule has 1 fully saturated rings. The molecular formula is C29H25NO3S. The second-order valence-corrected chi connectivity index (χ2v) is 8.74. The summed E-state index contributed by atoms with van der Waals surface area (Å²) in [6.45, 7) is 0.880. The van der Waals surface area contributed by atoms with E-state index in [4.69, 9.17) is 9.47 Å². The number of amides is 1. The number of carbonyl (C=O) groups excluding carboxylic acids is 1. The van der Waals surface area contributed by atoms with E-state index in [1.165, 1.54) is 0 Å². The number of carbonyl (C=O) groups is 1. The molecule has 0 spiro atoms. The van der Waals surface area contributed by atoms with Gasteiger partial charge in [-0.25, -0.2) is 0 Å². The van der Waals surface area contributed by atoms with E-state index < -0.39 is 5.25 Å². The van der Waals surface area contributed by atoms with Crippen molar-refractivity contribution in [2.45, 2.75) is 24.5 Å². The molecule has 0 aromatic heterocycles. The van der Waals surface area contributed by atoms with Gasteiger partial charge in [-0.2, -0.15) is 12.6 Å². The Morgan fingerprint density at radius 3 is 1.88 bits per heavy atom. The SMILES string of the molecule is O=C1[C@@H](S)[C@@H](c2ccc(OCc3ccccc3)cc2OCc2ccccc2)N1c1ccccc1. The summed E-state index contributed by atoms with van der Waals surface area (Å²) in [4.78, 5) is 14.5. The highest BCUT2D eigenvalue weighted by Gasteiger charge is 2.48. The summed E-state index contributed by atoms with van der Waals surface area (Å²) in [5, 5.41) is -0.435. The van der Waals surface area contributed by atoms with E-state index in [-0.39, 0.29) is 11.9 Å². The fourth-order valence-electron chi connectivity index (χ4n) is 4.11. The quantitative estimate of drug-likeness (QED) is 0.247. The molecule has 1 aliphatic heterocycles. The van der Waals surface area contributed by atoms with Gasteiger partial charge in [0.2, 0.25) is 5.91 Å². The van der Waals surface area contributed by atoms with Crippen LogP contribution >= 0.6 is 12.6 Å². The molecule has 5 rings (SSSR count). The van der Waals surface area contributed by atoms with Crippen LogP contribution in [0.3, 0.4) is 0 Å². The van der Waals surface area contributed by atoms with Crippen molar-refractivity contribution >= 4 is 24.2 Å². The van der Waals surface area contributed by atoms with Gasteiger partial charge in [-0.15, -0.1) is 0 Å². The molecule has 0 aliphatic carbocycles. The molecule has 0 saturated carbocycles. The molecule has 2 atom stereocenters. The van der Waals surface area contributed by atoms with Crippen LogP contribution in [0, 0.1) is 0 Å². The topological polar surface area (TPSA) is 38.8 Å². The van der Waals surface area contributed by atoms with Crippen molar-refractivity contribution in [3.63, 3.8) is 0 Å². The molecular weight excluding hydrogens is 442 g/mol. The van der Waals surface area contributed by atoms with Crippen LogP contribution in [0.4, 0.5) is 5.69 Å². The lowest BCUT2D eigenvalue weighted by Crippen LogP contribution is -2.56.